The van der Waals surface area contributed by atoms with Crippen LogP contribution in [-0.2, 0) is 7.05 Å². The number of nitrogens with two attached hydrogens (primary N) is 1. The molecule has 0 fully saturated rings. The minimum atomic E-state index is -4.91. The average molecular weight is 413 g/mol. The van der Waals surface area contributed by atoms with E-state index in [0.29, 0.717) is 0 Å². The highest BCUT2D eigenvalue weighted by molar-refractivity contribution is 6.31. The van der Waals surface area contributed by atoms with Gasteiger partial charge in [-0.1, -0.05) is 11.6 Å². The molecule has 12 heteroatoms. The molecule has 146 valence electrons. The minimum Gasteiger partial charge on any atom is -0.405 e. The zero-order valence-corrected chi connectivity index (χ0v) is 14.9. The normalized spacial score (nSPS) is 11.3. The van der Waals surface area contributed by atoms with Crippen LogP contribution in [0.2, 0.25) is 5.02 Å². The molecule has 0 atom stereocenters. The molecule has 0 aliphatic carbocycles. The van der Waals surface area contributed by atoms with Gasteiger partial charge in [-0.2, -0.15) is 5.10 Å². The van der Waals surface area contributed by atoms with Crippen LogP contribution >= 0.6 is 11.6 Å². The van der Waals surface area contributed by atoms with Gasteiger partial charge in [-0.15, -0.1) is 13.2 Å². The number of rotatable bonds is 4. The third kappa shape index (κ3) is 4.31. The Morgan fingerprint density at radius 3 is 2.68 bits per heavy atom. The predicted molar refractivity (Wildman–Crippen MR) is 94.7 cm³/mol. The van der Waals surface area contributed by atoms with Gasteiger partial charge in [0, 0.05) is 23.8 Å². The molecule has 2 heterocycles. The molecule has 0 saturated carbocycles. The molecule has 1 aromatic carbocycles. The summed E-state index contributed by atoms with van der Waals surface area (Å²) in [5.41, 5.74) is 5.92. The first-order valence-electron chi connectivity index (χ1n) is 7.61. The number of halogens is 4. The van der Waals surface area contributed by atoms with E-state index in [1.54, 1.807) is 7.05 Å². The van der Waals surface area contributed by atoms with E-state index in [1.165, 1.54) is 29.1 Å². The molecule has 1 amide bonds. The number of aryl methyl sites for hydroxylation is 1. The van der Waals surface area contributed by atoms with Crippen LogP contribution in [0.3, 0.4) is 0 Å². The molecule has 0 aliphatic heterocycles. The van der Waals surface area contributed by atoms with Crippen molar-refractivity contribution in [1.82, 2.24) is 19.7 Å². The van der Waals surface area contributed by atoms with E-state index < -0.39 is 18.0 Å². The molecular formula is C16H12ClF3N6O2. The van der Waals surface area contributed by atoms with Crippen LogP contribution in [0.4, 0.5) is 24.8 Å². The van der Waals surface area contributed by atoms with E-state index in [0.717, 1.165) is 12.3 Å². The van der Waals surface area contributed by atoms with Gasteiger partial charge in [-0.05, 0) is 24.3 Å². The van der Waals surface area contributed by atoms with Gasteiger partial charge in [0.05, 0.1) is 6.20 Å². The SMILES string of the molecule is Cn1nccc1C(=O)Nc1cnc(-c2cc(Cl)ccc2OC(F)(F)F)c(N)n1. The van der Waals surface area contributed by atoms with Gasteiger partial charge in [0.2, 0.25) is 0 Å². The van der Waals surface area contributed by atoms with E-state index in [2.05, 4.69) is 25.1 Å². The molecule has 3 N–H and O–H groups in total. The number of hydrogen-bond acceptors (Lipinski definition) is 6. The number of hydrogen-bond donors (Lipinski definition) is 2. The number of nitrogens with zero attached hydrogens (tertiary/aromatic N) is 4. The van der Waals surface area contributed by atoms with Crippen LogP contribution in [0.1, 0.15) is 10.5 Å². The van der Waals surface area contributed by atoms with Crippen LogP contribution in [0.5, 0.6) is 5.75 Å². The van der Waals surface area contributed by atoms with Crippen LogP contribution in [0.15, 0.2) is 36.7 Å². The fraction of sp³-hybridized carbons (Fsp3) is 0.125. The molecule has 3 rings (SSSR count). The van der Waals surface area contributed by atoms with Crippen molar-refractivity contribution in [2.45, 2.75) is 6.36 Å². The standard InChI is InChI=1S/C16H12ClF3N6O2/c1-26-10(4-5-23-26)15(27)25-12-7-22-13(14(21)24-12)9-6-8(17)2-3-11(9)28-16(18,19)20/h2-7H,1H3,(H3,21,24,25,27). The van der Waals surface area contributed by atoms with Crippen LogP contribution in [0.25, 0.3) is 11.3 Å². The Morgan fingerprint density at radius 2 is 2.07 bits per heavy atom. The maximum Gasteiger partial charge on any atom is 0.573 e. The molecule has 2 aromatic heterocycles. The topological polar surface area (TPSA) is 108 Å². The number of alkyl halides is 3. The molecule has 0 spiro atoms. The number of anilines is 2. The van der Waals surface area contributed by atoms with Gasteiger partial charge in [0.15, 0.2) is 11.6 Å². The van der Waals surface area contributed by atoms with Crippen LogP contribution in [-0.4, -0.2) is 32.0 Å². The Balaban J connectivity index is 1.92. The van der Waals surface area contributed by atoms with Crippen molar-refractivity contribution in [3.8, 4) is 17.0 Å². The lowest BCUT2D eigenvalue weighted by Gasteiger charge is -2.14. The van der Waals surface area contributed by atoms with Crippen molar-refractivity contribution in [1.29, 1.82) is 0 Å². The summed E-state index contributed by atoms with van der Waals surface area (Å²) < 4.78 is 43.3. The van der Waals surface area contributed by atoms with Crippen LogP contribution < -0.4 is 15.8 Å². The van der Waals surface area contributed by atoms with E-state index in [4.69, 9.17) is 17.3 Å². The molecule has 0 radical (unpaired) electrons. The lowest BCUT2D eigenvalue weighted by Crippen LogP contribution is -2.18. The number of carbonyl (C=O) groups excluding carboxylic acids is 1. The smallest absolute Gasteiger partial charge is 0.405 e. The first-order chi connectivity index (χ1) is 13.1. The maximum absolute atomic E-state index is 12.6. The second-order valence-corrected chi connectivity index (χ2v) is 5.91. The summed E-state index contributed by atoms with van der Waals surface area (Å²) in [7, 11) is 1.58. The molecule has 0 saturated heterocycles. The Morgan fingerprint density at radius 1 is 1.32 bits per heavy atom. The van der Waals surface area contributed by atoms with E-state index in [9.17, 15) is 18.0 Å². The maximum atomic E-state index is 12.6. The fourth-order valence-corrected chi connectivity index (χ4v) is 2.52. The Labute approximate surface area is 161 Å². The van der Waals surface area contributed by atoms with Crippen molar-refractivity contribution in [3.63, 3.8) is 0 Å². The lowest BCUT2D eigenvalue weighted by atomic mass is 10.1. The Bertz CT molecular complexity index is 1040. The number of carbonyl (C=O) groups is 1. The molecule has 0 bridgehead atoms. The van der Waals surface area contributed by atoms with Crippen LogP contribution in [0, 0.1) is 0 Å². The second kappa shape index (κ2) is 7.35. The third-order valence-electron chi connectivity index (χ3n) is 3.52. The molecule has 28 heavy (non-hydrogen) atoms. The summed E-state index contributed by atoms with van der Waals surface area (Å²) in [5.74, 6) is -1.26. The van der Waals surface area contributed by atoms with E-state index in [-0.39, 0.29) is 33.6 Å². The van der Waals surface area contributed by atoms with Gasteiger partial charge in [-0.25, -0.2) is 9.97 Å². The summed E-state index contributed by atoms with van der Waals surface area (Å²) in [5, 5.41) is 6.50. The van der Waals surface area contributed by atoms with E-state index in [1.807, 2.05) is 0 Å². The van der Waals surface area contributed by atoms with Crippen molar-refractivity contribution in [2.24, 2.45) is 7.05 Å². The van der Waals surface area contributed by atoms with Crippen molar-refractivity contribution < 1.29 is 22.7 Å². The number of benzene rings is 1. The van der Waals surface area contributed by atoms with Gasteiger partial charge < -0.3 is 15.8 Å². The summed E-state index contributed by atoms with van der Waals surface area (Å²) in [4.78, 5) is 20.2. The molecule has 3 aromatic rings. The van der Waals surface area contributed by atoms with Crippen molar-refractivity contribution >= 4 is 29.1 Å². The molecule has 8 nitrogen and oxygen atoms in total. The zero-order valence-electron chi connectivity index (χ0n) is 14.2. The van der Waals surface area contributed by atoms with Gasteiger partial charge in [-0.3, -0.25) is 9.48 Å². The summed E-state index contributed by atoms with van der Waals surface area (Å²) in [6.07, 6.45) is -2.32. The average Bonchev–Trinajstić information content (AvgIpc) is 3.02. The number of amides is 1. The zero-order chi connectivity index (χ0) is 20.5. The fourth-order valence-electron chi connectivity index (χ4n) is 2.35. The van der Waals surface area contributed by atoms with Gasteiger partial charge in [0.1, 0.15) is 17.1 Å². The predicted octanol–water partition coefficient (Wildman–Crippen LogP) is 3.26. The first-order valence-corrected chi connectivity index (χ1v) is 7.99. The Hall–Kier alpha value is -3.34. The molecule has 0 unspecified atom stereocenters. The summed E-state index contributed by atoms with van der Waals surface area (Å²) >= 11 is 5.87. The van der Waals surface area contributed by atoms with Crippen molar-refractivity contribution in [2.75, 3.05) is 11.1 Å². The monoisotopic (exact) mass is 412 g/mol. The first kappa shape index (κ1) is 19.4. The highest BCUT2D eigenvalue weighted by Crippen LogP contribution is 2.37. The quantitative estimate of drug-likeness (QED) is 0.681. The van der Waals surface area contributed by atoms with Gasteiger partial charge >= 0.3 is 6.36 Å². The van der Waals surface area contributed by atoms with Crippen molar-refractivity contribution in [3.05, 3.63) is 47.4 Å². The second-order valence-electron chi connectivity index (χ2n) is 5.47. The summed E-state index contributed by atoms with van der Waals surface area (Å²) in [6.45, 7) is 0. The molecule has 0 aliphatic rings. The highest BCUT2D eigenvalue weighted by atomic mass is 35.5. The summed E-state index contributed by atoms with van der Waals surface area (Å²) in [6, 6.07) is 4.99. The Kier molecular flexibility index (Phi) is 5.10. The number of nitrogens with one attached hydrogen (secondary N) is 1. The molecular weight excluding hydrogens is 401 g/mol. The minimum absolute atomic E-state index is 0.00719. The highest BCUT2D eigenvalue weighted by Gasteiger charge is 2.32. The number of ether oxygens (including phenoxy) is 1. The lowest BCUT2D eigenvalue weighted by molar-refractivity contribution is -0.274. The third-order valence-corrected chi connectivity index (χ3v) is 3.75. The largest absolute Gasteiger partial charge is 0.573 e. The number of nitrogen functional groups attached to an aromatic ring is 1. The number of aromatic nitrogens is 4. The van der Waals surface area contributed by atoms with E-state index >= 15 is 0 Å². The van der Waals surface area contributed by atoms with Gasteiger partial charge in [0.25, 0.3) is 5.91 Å².